The Kier molecular flexibility index (Phi) is 7.55. The van der Waals surface area contributed by atoms with Gasteiger partial charge in [-0.3, -0.25) is 14.4 Å². The summed E-state index contributed by atoms with van der Waals surface area (Å²) in [4.78, 5) is 56.5. The Bertz CT molecular complexity index is 1480. The first-order chi connectivity index (χ1) is 18.7. The summed E-state index contributed by atoms with van der Waals surface area (Å²) in [7, 11) is 1.55. The number of fused-ring (bicyclic) bond motifs is 2. The Balaban J connectivity index is 1.53. The Labute approximate surface area is 233 Å². The van der Waals surface area contributed by atoms with E-state index in [1.165, 1.54) is 28.8 Å². The Hall–Kier alpha value is -3.57. The number of methoxy groups -OCH3 is 1. The summed E-state index contributed by atoms with van der Waals surface area (Å²) in [5, 5.41) is -0.135. The Morgan fingerprint density at radius 3 is 2.46 bits per heavy atom. The molecule has 1 aromatic heterocycles. The third-order valence-corrected chi connectivity index (χ3v) is 8.98. The van der Waals surface area contributed by atoms with Crippen LogP contribution in [0.15, 0.2) is 52.3 Å². The summed E-state index contributed by atoms with van der Waals surface area (Å²) in [6.07, 6.45) is 0. The predicted molar refractivity (Wildman–Crippen MR) is 148 cm³/mol. The van der Waals surface area contributed by atoms with Crippen molar-refractivity contribution in [2.45, 2.75) is 37.0 Å². The molecule has 11 heteroatoms. The van der Waals surface area contributed by atoms with Crippen LogP contribution >= 0.6 is 23.1 Å². The number of ether oxygens (including phenoxy) is 3. The molecule has 1 fully saturated rings. The smallest absolute Gasteiger partial charge is 0.338 e. The monoisotopic (exact) mass is 568 g/mol. The lowest BCUT2D eigenvalue weighted by atomic mass is 9.83. The number of imide groups is 1. The number of thioether (sulfide) groups is 1. The molecule has 0 aliphatic carbocycles. The van der Waals surface area contributed by atoms with E-state index >= 15 is 0 Å². The van der Waals surface area contributed by atoms with Crippen LogP contribution in [0.25, 0.3) is 0 Å². The number of hydrogen-bond acceptors (Lipinski definition) is 9. The zero-order chi connectivity index (χ0) is 27.8. The molecule has 2 amide bonds. The fraction of sp³-hybridized carbons (Fsp3) is 0.357. The van der Waals surface area contributed by atoms with Crippen molar-refractivity contribution >= 4 is 46.6 Å². The molecule has 2 aliphatic heterocycles. The summed E-state index contributed by atoms with van der Waals surface area (Å²) >= 11 is 2.26. The summed E-state index contributed by atoms with van der Waals surface area (Å²) < 4.78 is 16.5. The van der Waals surface area contributed by atoms with Crippen molar-refractivity contribution in [3.63, 3.8) is 0 Å². The molecule has 0 spiro atoms. The lowest BCUT2D eigenvalue weighted by molar-refractivity contribution is -0.122. The molecule has 2 aliphatic rings. The summed E-state index contributed by atoms with van der Waals surface area (Å²) in [5.41, 5.74) is 1.45. The zero-order valence-corrected chi connectivity index (χ0v) is 23.5. The number of aromatic amines is 1. The molecular formula is C28H28N2O7S2. The number of nitrogens with zero attached hydrogens (tertiary/aromatic N) is 1. The van der Waals surface area contributed by atoms with E-state index in [0.717, 1.165) is 16.9 Å². The normalized spacial score (nSPS) is 20.1. The number of hydrogen-bond donors (Lipinski definition) is 1. The maximum absolute atomic E-state index is 13.9. The van der Waals surface area contributed by atoms with Crippen LogP contribution in [-0.4, -0.2) is 48.3 Å². The minimum Gasteiger partial charge on any atom is -0.493 e. The standard InChI is InChI=1S/C28H28N2O7S2/c1-5-36-27(33)15-6-9-17(10-7-15)30-25(31)21-20(22-24(29-28(34)39-22)38-23(21)26(30)32)16-8-11-18(19(12-16)35-4)37-13-14(2)3/h6-12,14,20-21,23H,5,13H2,1-4H3,(H,29,34)/t20-,21-,23+/m0/s1. The number of benzene rings is 2. The van der Waals surface area contributed by atoms with Gasteiger partial charge < -0.3 is 19.2 Å². The third kappa shape index (κ3) is 4.96. The van der Waals surface area contributed by atoms with Gasteiger partial charge in [-0.1, -0.05) is 43.0 Å². The van der Waals surface area contributed by atoms with Gasteiger partial charge in [0.15, 0.2) is 11.5 Å². The highest BCUT2D eigenvalue weighted by molar-refractivity contribution is 8.00. The number of nitrogens with one attached hydrogen (secondary N) is 1. The fourth-order valence-electron chi connectivity index (χ4n) is 4.84. The summed E-state index contributed by atoms with van der Waals surface area (Å²) in [5.74, 6) is -1.07. The molecule has 3 heterocycles. The van der Waals surface area contributed by atoms with E-state index < -0.39 is 23.1 Å². The van der Waals surface area contributed by atoms with Crippen molar-refractivity contribution in [3.8, 4) is 11.5 Å². The summed E-state index contributed by atoms with van der Waals surface area (Å²) in [6, 6.07) is 11.7. The number of aromatic nitrogens is 1. The average molecular weight is 569 g/mol. The zero-order valence-electron chi connectivity index (χ0n) is 21.9. The second-order valence-electron chi connectivity index (χ2n) is 9.64. The SMILES string of the molecule is CCOC(=O)c1ccc(N2C(=O)[C@H]3[C@H](c4ccc(OCC(C)C)c(OC)c4)c4sc(=O)[nH]c4S[C@H]3C2=O)cc1. The second kappa shape index (κ2) is 10.9. The van der Waals surface area contributed by atoms with Gasteiger partial charge in [-0.15, -0.1) is 0 Å². The number of thiazole rings is 1. The highest BCUT2D eigenvalue weighted by Gasteiger charge is 2.56. The molecule has 3 aromatic rings. The Morgan fingerprint density at radius 1 is 1.05 bits per heavy atom. The Morgan fingerprint density at radius 2 is 1.79 bits per heavy atom. The number of anilines is 1. The molecule has 1 N–H and O–H groups in total. The maximum Gasteiger partial charge on any atom is 0.338 e. The first kappa shape index (κ1) is 27.0. The molecule has 0 unspecified atom stereocenters. The quantitative estimate of drug-likeness (QED) is 0.313. The molecule has 2 aromatic carbocycles. The maximum atomic E-state index is 13.9. The lowest BCUT2D eigenvalue weighted by Crippen LogP contribution is -2.32. The number of carbonyl (C=O) groups excluding carboxylic acids is 3. The van der Waals surface area contributed by atoms with Gasteiger partial charge in [0.25, 0.3) is 0 Å². The van der Waals surface area contributed by atoms with Crippen LogP contribution in [0.1, 0.15) is 47.5 Å². The first-order valence-corrected chi connectivity index (χ1v) is 14.3. The fourth-order valence-corrected chi connectivity index (χ4v) is 7.36. The third-order valence-electron chi connectivity index (χ3n) is 6.58. The van der Waals surface area contributed by atoms with E-state index in [1.807, 2.05) is 12.1 Å². The van der Waals surface area contributed by atoms with E-state index in [9.17, 15) is 19.2 Å². The highest BCUT2D eigenvalue weighted by atomic mass is 32.2. The van der Waals surface area contributed by atoms with Gasteiger partial charge in [0, 0.05) is 10.8 Å². The van der Waals surface area contributed by atoms with E-state index in [0.29, 0.717) is 45.2 Å². The van der Waals surface area contributed by atoms with Gasteiger partial charge in [-0.25, -0.2) is 9.69 Å². The molecule has 5 rings (SSSR count). The van der Waals surface area contributed by atoms with Gasteiger partial charge in [-0.2, -0.15) is 0 Å². The topological polar surface area (TPSA) is 115 Å². The molecule has 9 nitrogen and oxygen atoms in total. The number of amides is 2. The summed E-state index contributed by atoms with van der Waals surface area (Å²) in [6.45, 7) is 6.58. The molecule has 39 heavy (non-hydrogen) atoms. The molecule has 1 saturated heterocycles. The second-order valence-corrected chi connectivity index (χ2v) is 11.8. The van der Waals surface area contributed by atoms with Gasteiger partial charge in [0.1, 0.15) is 5.25 Å². The number of rotatable bonds is 8. The van der Waals surface area contributed by atoms with Crippen LogP contribution in [0, 0.1) is 11.8 Å². The molecule has 0 bridgehead atoms. The highest BCUT2D eigenvalue weighted by Crippen LogP contribution is 2.53. The number of carbonyl (C=O) groups is 3. The van der Waals surface area contributed by atoms with Crippen molar-refractivity contribution in [3.05, 3.63) is 68.1 Å². The van der Waals surface area contributed by atoms with Crippen LogP contribution in [0.3, 0.4) is 0 Å². The van der Waals surface area contributed by atoms with Crippen molar-refractivity contribution in [2.24, 2.45) is 11.8 Å². The minimum absolute atomic E-state index is 0.243. The predicted octanol–water partition coefficient (Wildman–Crippen LogP) is 4.45. The molecule has 0 saturated carbocycles. The molecule has 0 radical (unpaired) electrons. The van der Waals surface area contributed by atoms with Gasteiger partial charge in [0.05, 0.1) is 42.5 Å². The first-order valence-electron chi connectivity index (χ1n) is 12.6. The van der Waals surface area contributed by atoms with E-state index in [4.69, 9.17) is 14.2 Å². The van der Waals surface area contributed by atoms with Crippen LogP contribution in [-0.2, 0) is 14.3 Å². The van der Waals surface area contributed by atoms with Crippen LogP contribution < -0.4 is 19.2 Å². The molecular weight excluding hydrogens is 540 g/mol. The van der Waals surface area contributed by atoms with Gasteiger partial charge in [-0.05, 0) is 54.8 Å². The van der Waals surface area contributed by atoms with E-state index in [1.54, 1.807) is 32.2 Å². The van der Waals surface area contributed by atoms with Crippen molar-refractivity contribution in [2.75, 3.05) is 25.2 Å². The van der Waals surface area contributed by atoms with Crippen LogP contribution in [0.4, 0.5) is 5.69 Å². The molecule has 3 atom stereocenters. The number of H-pyrrole nitrogens is 1. The largest absolute Gasteiger partial charge is 0.493 e. The minimum atomic E-state index is -0.738. The molecule has 204 valence electrons. The lowest BCUT2D eigenvalue weighted by Gasteiger charge is -2.30. The van der Waals surface area contributed by atoms with Crippen LogP contribution in [0.2, 0.25) is 0 Å². The van der Waals surface area contributed by atoms with Crippen molar-refractivity contribution in [1.29, 1.82) is 0 Å². The van der Waals surface area contributed by atoms with E-state index in [-0.39, 0.29) is 23.3 Å². The van der Waals surface area contributed by atoms with Crippen LogP contribution in [0.5, 0.6) is 11.5 Å². The van der Waals surface area contributed by atoms with Gasteiger partial charge in [0.2, 0.25) is 11.8 Å². The van der Waals surface area contributed by atoms with E-state index in [2.05, 4.69) is 18.8 Å². The van der Waals surface area contributed by atoms with Gasteiger partial charge >= 0.3 is 10.8 Å². The average Bonchev–Trinajstić information content (AvgIpc) is 3.41. The van der Waals surface area contributed by atoms with Crippen molar-refractivity contribution < 1.29 is 28.6 Å². The van der Waals surface area contributed by atoms with Crippen molar-refractivity contribution in [1.82, 2.24) is 4.98 Å². The number of esters is 1.